The highest BCUT2D eigenvalue weighted by molar-refractivity contribution is 5.89. The van der Waals surface area contributed by atoms with Gasteiger partial charge in [-0.1, -0.05) is 19.9 Å². The average Bonchev–Trinajstić information content (AvgIpc) is 3.33. The van der Waals surface area contributed by atoms with Crippen molar-refractivity contribution in [3.05, 3.63) is 47.3 Å². The molecule has 1 fully saturated rings. The second kappa shape index (κ2) is 8.53. The Morgan fingerprint density at radius 2 is 2.24 bits per heavy atom. The molecular formula is C22H29FN4O2. The number of hydrogen-bond acceptors (Lipinski definition) is 3. The monoisotopic (exact) mass is 400 g/mol. The Morgan fingerprint density at radius 3 is 2.97 bits per heavy atom. The molecule has 0 saturated carbocycles. The van der Waals surface area contributed by atoms with Gasteiger partial charge in [0.1, 0.15) is 11.6 Å². The quantitative estimate of drug-likeness (QED) is 0.820. The zero-order valence-corrected chi connectivity index (χ0v) is 17.2. The summed E-state index contributed by atoms with van der Waals surface area (Å²) in [6, 6.07) is 5.78. The number of rotatable bonds is 5. The highest BCUT2D eigenvalue weighted by Crippen LogP contribution is 2.30. The molecule has 2 aliphatic heterocycles. The molecule has 1 atom stereocenters. The Labute approximate surface area is 171 Å². The van der Waals surface area contributed by atoms with Crippen molar-refractivity contribution < 1.29 is 13.9 Å². The van der Waals surface area contributed by atoms with Crippen LogP contribution in [-0.4, -0.2) is 40.2 Å². The molecule has 156 valence electrons. The molecule has 6 nitrogen and oxygen atoms in total. The number of fused-ring (bicyclic) bond motifs is 1. The predicted molar refractivity (Wildman–Crippen MR) is 109 cm³/mol. The molecular weight excluding hydrogens is 371 g/mol. The topological polar surface area (TPSA) is 59.4 Å². The Bertz CT molecular complexity index is 874. The zero-order valence-electron chi connectivity index (χ0n) is 17.2. The van der Waals surface area contributed by atoms with E-state index in [0.29, 0.717) is 30.6 Å². The molecule has 3 heterocycles. The van der Waals surface area contributed by atoms with E-state index in [1.54, 1.807) is 17.0 Å². The first-order chi connectivity index (χ1) is 14.0. The van der Waals surface area contributed by atoms with Gasteiger partial charge in [-0.15, -0.1) is 0 Å². The van der Waals surface area contributed by atoms with Crippen molar-refractivity contribution in [3.63, 3.8) is 0 Å². The van der Waals surface area contributed by atoms with Crippen molar-refractivity contribution in [1.82, 2.24) is 14.5 Å². The van der Waals surface area contributed by atoms with Crippen molar-refractivity contribution in [2.45, 2.75) is 52.1 Å². The maximum Gasteiger partial charge on any atom is 0.322 e. The van der Waals surface area contributed by atoms with E-state index in [2.05, 4.69) is 23.7 Å². The van der Waals surface area contributed by atoms with Crippen molar-refractivity contribution in [1.29, 1.82) is 0 Å². The second-order valence-corrected chi connectivity index (χ2v) is 8.37. The molecule has 1 aromatic carbocycles. The van der Waals surface area contributed by atoms with Gasteiger partial charge in [-0.25, -0.2) is 14.2 Å². The summed E-state index contributed by atoms with van der Waals surface area (Å²) in [6.45, 7) is 7.80. The summed E-state index contributed by atoms with van der Waals surface area (Å²) in [5.41, 5.74) is 2.70. The first-order valence-corrected chi connectivity index (χ1v) is 10.5. The Kier molecular flexibility index (Phi) is 5.85. The van der Waals surface area contributed by atoms with E-state index in [1.165, 1.54) is 12.1 Å². The van der Waals surface area contributed by atoms with Crippen LogP contribution in [0.1, 0.15) is 49.8 Å². The van der Waals surface area contributed by atoms with E-state index in [9.17, 15) is 9.18 Å². The minimum absolute atomic E-state index is 0.205. The molecule has 1 aromatic heterocycles. The summed E-state index contributed by atoms with van der Waals surface area (Å²) in [7, 11) is 0. The van der Waals surface area contributed by atoms with E-state index in [1.807, 2.05) is 0 Å². The van der Waals surface area contributed by atoms with Gasteiger partial charge in [-0.3, -0.25) is 0 Å². The Balaban J connectivity index is 1.54. The molecule has 0 radical (unpaired) electrons. The molecule has 7 heteroatoms. The molecule has 0 aliphatic carbocycles. The summed E-state index contributed by atoms with van der Waals surface area (Å²) in [4.78, 5) is 19.6. The third-order valence-corrected chi connectivity index (χ3v) is 5.74. The van der Waals surface area contributed by atoms with Crippen LogP contribution in [0, 0.1) is 11.7 Å². The van der Waals surface area contributed by atoms with Crippen molar-refractivity contribution in [2.24, 2.45) is 5.92 Å². The van der Waals surface area contributed by atoms with E-state index in [0.717, 1.165) is 56.2 Å². The molecule has 1 saturated heterocycles. The lowest BCUT2D eigenvalue weighted by molar-refractivity contribution is 0.189. The fourth-order valence-corrected chi connectivity index (χ4v) is 4.08. The summed E-state index contributed by atoms with van der Waals surface area (Å²) in [6.07, 6.45) is 2.99. The van der Waals surface area contributed by atoms with Gasteiger partial charge >= 0.3 is 6.03 Å². The lowest BCUT2D eigenvalue weighted by Gasteiger charge is -2.30. The molecule has 4 rings (SSSR count). The number of carbonyl (C=O) groups is 1. The third-order valence-electron chi connectivity index (χ3n) is 5.74. The van der Waals surface area contributed by atoms with Gasteiger partial charge in [-0.2, -0.15) is 0 Å². The van der Waals surface area contributed by atoms with Crippen LogP contribution in [-0.2, 0) is 24.2 Å². The van der Waals surface area contributed by atoms with Crippen LogP contribution in [0.3, 0.4) is 0 Å². The SMILES string of the molecule is CC(C)CCc1nc(C2CCOC2)n2c1CN(C(=O)Nc1cccc(F)c1)CC2. The van der Waals surface area contributed by atoms with Crippen molar-refractivity contribution in [3.8, 4) is 0 Å². The van der Waals surface area contributed by atoms with Gasteiger partial charge in [0, 0.05) is 31.3 Å². The number of aromatic nitrogens is 2. The molecule has 29 heavy (non-hydrogen) atoms. The Morgan fingerprint density at radius 1 is 1.38 bits per heavy atom. The smallest absolute Gasteiger partial charge is 0.322 e. The molecule has 1 unspecified atom stereocenters. The number of benzene rings is 1. The van der Waals surface area contributed by atoms with Crippen LogP contribution in [0.2, 0.25) is 0 Å². The second-order valence-electron chi connectivity index (χ2n) is 8.37. The summed E-state index contributed by atoms with van der Waals surface area (Å²) >= 11 is 0. The number of amides is 2. The summed E-state index contributed by atoms with van der Waals surface area (Å²) < 4.78 is 21.3. The first-order valence-electron chi connectivity index (χ1n) is 10.5. The number of anilines is 1. The molecule has 2 aromatic rings. The molecule has 2 amide bonds. The summed E-state index contributed by atoms with van der Waals surface area (Å²) in [5, 5.41) is 2.81. The fourth-order valence-electron chi connectivity index (χ4n) is 4.08. The number of ether oxygens (including phenoxy) is 1. The maximum atomic E-state index is 13.4. The number of halogens is 1. The van der Waals surface area contributed by atoms with Gasteiger partial charge in [0.2, 0.25) is 0 Å². The van der Waals surface area contributed by atoms with E-state index in [-0.39, 0.29) is 11.8 Å². The maximum absolute atomic E-state index is 13.4. The minimum atomic E-state index is -0.362. The lowest BCUT2D eigenvalue weighted by atomic mass is 10.1. The average molecular weight is 400 g/mol. The van der Waals surface area contributed by atoms with E-state index < -0.39 is 0 Å². The van der Waals surface area contributed by atoms with Crippen LogP contribution >= 0.6 is 0 Å². The number of urea groups is 1. The van der Waals surface area contributed by atoms with E-state index >= 15 is 0 Å². The van der Waals surface area contributed by atoms with Crippen LogP contribution in [0.25, 0.3) is 0 Å². The van der Waals surface area contributed by atoms with E-state index in [4.69, 9.17) is 9.72 Å². The van der Waals surface area contributed by atoms with Crippen molar-refractivity contribution >= 4 is 11.7 Å². The highest BCUT2D eigenvalue weighted by Gasteiger charge is 2.31. The van der Waals surface area contributed by atoms with Gasteiger partial charge in [-0.05, 0) is 43.4 Å². The third kappa shape index (κ3) is 4.45. The number of nitrogens with one attached hydrogen (secondary N) is 1. The lowest BCUT2D eigenvalue weighted by Crippen LogP contribution is -2.41. The zero-order chi connectivity index (χ0) is 20.4. The van der Waals surface area contributed by atoms with Gasteiger partial charge in [0.25, 0.3) is 0 Å². The molecule has 0 spiro atoms. The molecule has 0 bridgehead atoms. The normalized spacial score (nSPS) is 18.9. The summed E-state index contributed by atoms with van der Waals surface area (Å²) in [5.74, 6) is 1.69. The van der Waals surface area contributed by atoms with Gasteiger partial charge in [0.15, 0.2) is 0 Å². The predicted octanol–water partition coefficient (Wildman–Crippen LogP) is 4.16. The standard InChI is InChI=1S/C22H29FN4O2/c1-15(2)6-7-19-20-13-26(22(28)24-18-5-3-4-17(23)12-18)9-10-27(20)21(25-19)16-8-11-29-14-16/h3-5,12,15-16H,6-11,13-14H2,1-2H3,(H,24,28). The number of imidazole rings is 1. The van der Waals surface area contributed by atoms with Crippen molar-refractivity contribution in [2.75, 3.05) is 25.1 Å². The molecule has 1 N–H and O–H groups in total. The van der Waals surface area contributed by atoms with Crippen LogP contribution in [0.4, 0.5) is 14.9 Å². The highest BCUT2D eigenvalue weighted by atomic mass is 19.1. The Hall–Kier alpha value is -2.41. The van der Waals surface area contributed by atoms with Crippen LogP contribution < -0.4 is 5.32 Å². The fraction of sp³-hybridized carbons (Fsp3) is 0.545. The number of carbonyl (C=O) groups excluding carboxylic acids is 1. The largest absolute Gasteiger partial charge is 0.381 e. The van der Waals surface area contributed by atoms with Crippen LogP contribution in [0.5, 0.6) is 0 Å². The van der Waals surface area contributed by atoms with Gasteiger partial charge in [0.05, 0.1) is 24.5 Å². The first kappa shape index (κ1) is 19.9. The number of aryl methyl sites for hydroxylation is 1. The molecule has 2 aliphatic rings. The van der Waals surface area contributed by atoms with Gasteiger partial charge < -0.3 is 19.5 Å². The minimum Gasteiger partial charge on any atom is -0.381 e. The van der Waals surface area contributed by atoms with Crippen LogP contribution in [0.15, 0.2) is 24.3 Å². The number of nitrogens with zero attached hydrogens (tertiary/aromatic N) is 3. The number of hydrogen-bond donors (Lipinski definition) is 1.